The van der Waals surface area contributed by atoms with Crippen molar-refractivity contribution < 1.29 is 4.74 Å². The third kappa shape index (κ3) is 2.93. The molecule has 0 heterocycles. The molecule has 0 fully saturated rings. The lowest BCUT2D eigenvalue weighted by Gasteiger charge is -2.11. The van der Waals surface area contributed by atoms with Gasteiger partial charge in [0.05, 0.1) is 0 Å². The predicted octanol–water partition coefficient (Wildman–Crippen LogP) is 6.50. The average Bonchev–Trinajstić information content (AvgIpc) is 2.96. The van der Waals surface area contributed by atoms with Gasteiger partial charge in [0.15, 0.2) is 0 Å². The first kappa shape index (κ1) is 15.3. The van der Waals surface area contributed by atoms with Crippen LogP contribution in [-0.4, -0.2) is 0 Å². The number of halogens is 2. The molecular formula is C21H14Cl2O. The second kappa shape index (κ2) is 6.35. The van der Waals surface area contributed by atoms with Crippen molar-refractivity contribution in [1.82, 2.24) is 0 Å². The highest BCUT2D eigenvalue weighted by Gasteiger charge is 2.24. The molecule has 0 atom stereocenters. The molecule has 0 bridgehead atoms. The van der Waals surface area contributed by atoms with Crippen LogP contribution in [0.15, 0.2) is 72.8 Å². The summed E-state index contributed by atoms with van der Waals surface area (Å²) in [6, 6.07) is 23.7. The molecule has 0 saturated carbocycles. The van der Waals surface area contributed by atoms with Gasteiger partial charge in [-0.25, -0.2) is 0 Å². The summed E-state index contributed by atoms with van der Waals surface area (Å²) in [7, 11) is 0. The Morgan fingerprint density at radius 1 is 0.708 bits per heavy atom. The summed E-state index contributed by atoms with van der Waals surface area (Å²) >= 11 is 12.0. The molecule has 0 saturated heterocycles. The minimum atomic E-state index is 0.695. The zero-order valence-corrected chi connectivity index (χ0v) is 14.3. The monoisotopic (exact) mass is 352 g/mol. The van der Waals surface area contributed by atoms with Gasteiger partial charge < -0.3 is 4.74 Å². The number of fused-ring (bicyclic) bond motifs is 1. The first-order chi connectivity index (χ1) is 11.7. The normalized spacial score (nSPS) is 13.1. The van der Waals surface area contributed by atoms with Crippen LogP contribution in [0, 0.1) is 0 Å². The molecule has 0 amide bonds. The van der Waals surface area contributed by atoms with Gasteiger partial charge >= 0.3 is 0 Å². The molecule has 0 unspecified atom stereocenters. The topological polar surface area (TPSA) is 9.23 Å². The smallest absolute Gasteiger partial charge is 0.139 e. The van der Waals surface area contributed by atoms with Crippen LogP contribution in [-0.2, 0) is 6.42 Å². The minimum absolute atomic E-state index is 0.695. The summed E-state index contributed by atoms with van der Waals surface area (Å²) in [4.78, 5) is 0. The van der Waals surface area contributed by atoms with E-state index in [1.54, 1.807) is 0 Å². The predicted molar refractivity (Wildman–Crippen MR) is 100 cm³/mol. The largest absolute Gasteiger partial charge is 0.456 e. The Hall–Kier alpha value is -2.22. The number of ether oxygens (including phenoxy) is 1. The van der Waals surface area contributed by atoms with E-state index in [0.29, 0.717) is 5.02 Å². The quantitative estimate of drug-likeness (QED) is 0.522. The Morgan fingerprint density at radius 3 is 2.04 bits per heavy atom. The zero-order chi connectivity index (χ0) is 16.5. The number of hydrogen-bond acceptors (Lipinski definition) is 1. The average molecular weight is 353 g/mol. The molecule has 0 aromatic heterocycles. The van der Waals surface area contributed by atoms with Gasteiger partial charge in [0.25, 0.3) is 0 Å². The summed E-state index contributed by atoms with van der Waals surface area (Å²) in [6.07, 6.45) is 0.848. The van der Waals surface area contributed by atoms with Crippen molar-refractivity contribution in [3.05, 3.63) is 99.5 Å². The fraction of sp³-hybridized carbons (Fsp3) is 0.0476. The molecule has 1 aliphatic carbocycles. The Labute approximate surface area is 151 Å². The second-order valence-corrected chi connectivity index (χ2v) is 6.58. The summed E-state index contributed by atoms with van der Waals surface area (Å²) in [6.45, 7) is 0. The Balaban J connectivity index is 1.80. The summed E-state index contributed by atoms with van der Waals surface area (Å²) in [5.74, 6) is 1.67. The van der Waals surface area contributed by atoms with E-state index in [1.165, 1.54) is 11.1 Å². The minimum Gasteiger partial charge on any atom is -0.456 e. The molecule has 0 N–H and O–H groups in total. The summed E-state index contributed by atoms with van der Waals surface area (Å²) < 4.78 is 6.24. The Kier molecular flexibility index (Phi) is 4.05. The van der Waals surface area contributed by atoms with E-state index in [-0.39, 0.29) is 0 Å². The van der Waals surface area contributed by atoms with Gasteiger partial charge in [0, 0.05) is 27.6 Å². The standard InChI is InChI=1S/C21H14Cl2O/c22-16-7-5-14(6-8-16)20-13-15-3-1-2-4-19(15)21(20)24-18-11-9-17(23)10-12-18/h1-12H,13H2. The maximum atomic E-state index is 6.24. The van der Waals surface area contributed by atoms with Crippen molar-refractivity contribution in [3.8, 4) is 5.75 Å². The second-order valence-electron chi connectivity index (χ2n) is 5.70. The molecule has 1 nitrogen and oxygen atoms in total. The van der Waals surface area contributed by atoms with Gasteiger partial charge in [0.2, 0.25) is 0 Å². The van der Waals surface area contributed by atoms with Gasteiger partial charge in [-0.05, 0) is 47.5 Å². The lowest BCUT2D eigenvalue weighted by molar-refractivity contribution is 0.518. The molecule has 24 heavy (non-hydrogen) atoms. The molecule has 3 aromatic carbocycles. The molecule has 4 rings (SSSR count). The SMILES string of the molecule is Clc1ccc(OC2=C(c3ccc(Cl)cc3)Cc3ccccc32)cc1. The van der Waals surface area contributed by atoms with Crippen molar-refractivity contribution in [2.24, 2.45) is 0 Å². The van der Waals surface area contributed by atoms with Crippen LogP contribution in [0.1, 0.15) is 16.7 Å². The maximum absolute atomic E-state index is 6.24. The van der Waals surface area contributed by atoms with E-state index in [1.807, 2.05) is 54.6 Å². The lowest BCUT2D eigenvalue weighted by Crippen LogP contribution is -1.95. The van der Waals surface area contributed by atoms with E-state index in [4.69, 9.17) is 27.9 Å². The molecule has 0 aliphatic heterocycles. The molecule has 0 spiro atoms. The van der Waals surface area contributed by atoms with E-state index < -0.39 is 0 Å². The molecule has 3 heteroatoms. The van der Waals surface area contributed by atoms with Gasteiger partial charge in [-0.15, -0.1) is 0 Å². The summed E-state index contributed by atoms with van der Waals surface area (Å²) in [5.41, 5.74) is 4.70. The summed E-state index contributed by atoms with van der Waals surface area (Å²) in [5, 5.41) is 1.43. The van der Waals surface area contributed by atoms with Gasteiger partial charge in [-0.2, -0.15) is 0 Å². The lowest BCUT2D eigenvalue weighted by atomic mass is 10.0. The fourth-order valence-electron chi connectivity index (χ4n) is 2.95. The Morgan fingerprint density at radius 2 is 1.33 bits per heavy atom. The van der Waals surface area contributed by atoms with Crippen LogP contribution < -0.4 is 4.74 Å². The van der Waals surface area contributed by atoms with Gasteiger partial charge in [-0.1, -0.05) is 59.6 Å². The molecule has 1 aliphatic rings. The van der Waals surface area contributed by atoms with Gasteiger partial charge in [0.1, 0.15) is 11.5 Å². The molecule has 3 aromatic rings. The molecule has 0 radical (unpaired) electrons. The Bertz CT molecular complexity index is 909. The maximum Gasteiger partial charge on any atom is 0.139 e. The van der Waals surface area contributed by atoms with Crippen molar-refractivity contribution in [1.29, 1.82) is 0 Å². The van der Waals surface area contributed by atoms with Crippen molar-refractivity contribution in [2.45, 2.75) is 6.42 Å². The highest BCUT2D eigenvalue weighted by molar-refractivity contribution is 6.30. The fourth-order valence-corrected chi connectivity index (χ4v) is 3.20. The van der Waals surface area contributed by atoms with Crippen molar-refractivity contribution in [2.75, 3.05) is 0 Å². The van der Waals surface area contributed by atoms with Crippen LogP contribution >= 0.6 is 23.2 Å². The molecular weight excluding hydrogens is 339 g/mol. The third-order valence-electron chi connectivity index (χ3n) is 4.13. The van der Waals surface area contributed by atoms with Crippen LogP contribution in [0.4, 0.5) is 0 Å². The zero-order valence-electron chi connectivity index (χ0n) is 12.8. The first-order valence-corrected chi connectivity index (χ1v) is 8.47. The van der Waals surface area contributed by atoms with Crippen molar-refractivity contribution >= 4 is 34.5 Å². The number of hydrogen-bond donors (Lipinski definition) is 0. The number of benzene rings is 3. The van der Waals surface area contributed by atoms with Crippen LogP contribution in [0.3, 0.4) is 0 Å². The highest BCUT2D eigenvalue weighted by Crippen LogP contribution is 2.39. The van der Waals surface area contributed by atoms with Gasteiger partial charge in [-0.3, -0.25) is 0 Å². The van der Waals surface area contributed by atoms with Crippen LogP contribution in [0.2, 0.25) is 10.0 Å². The molecule has 118 valence electrons. The number of allylic oxidation sites excluding steroid dienone is 1. The van der Waals surface area contributed by atoms with E-state index in [9.17, 15) is 0 Å². The van der Waals surface area contributed by atoms with Crippen LogP contribution in [0.5, 0.6) is 5.75 Å². The number of rotatable bonds is 3. The van der Waals surface area contributed by atoms with E-state index in [0.717, 1.165) is 34.1 Å². The highest BCUT2D eigenvalue weighted by atomic mass is 35.5. The van der Waals surface area contributed by atoms with E-state index in [2.05, 4.69) is 18.2 Å². The first-order valence-electron chi connectivity index (χ1n) is 7.71. The van der Waals surface area contributed by atoms with Crippen molar-refractivity contribution in [3.63, 3.8) is 0 Å². The van der Waals surface area contributed by atoms with E-state index >= 15 is 0 Å². The van der Waals surface area contributed by atoms with Crippen LogP contribution in [0.25, 0.3) is 11.3 Å². The third-order valence-corrected chi connectivity index (χ3v) is 4.63.